The van der Waals surface area contributed by atoms with Crippen LogP contribution in [0.1, 0.15) is 34.6 Å². The Kier molecular flexibility index (Phi) is 4.82. The Morgan fingerprint density at radius 3 is 2.69 bits per heavy atom. The summed E-state index contributed by atoms with van der Waals surface area (Å²) in [6.45, 7) is 7.63. The Labute approximate surface area is 155 Å². The summed E-state index contributed by atoms with van der Waals surface area (Å²) < 4.78 is 7.09. The van der Waals surface area contributed by atoms with Crippen molar-refractivity contribution in [2.75, 3.05) is 5.32 Å². The number of hydrogen-bond donors (Lipinski definition) is 1. The van der Waals surface area contributed by atoms with E-state index in [0.717, 1.165) is 11.3 Å². The number of aryl methyl sites for hydroxylation is 3. The highest BCUT2D eigenvalue weighted by Gasteiger charge is 2.19. The summed E-state index contributed by atoms with van der Waals surface area (Å²) in [6, 6.07) is 5.55. The van der Waals surface area contributed by atoms with E-state index in [-0.39, 0.29) is 17.6 Å². The maximum Gasteiger partial charge on any atom is 0.266 e. The fourth-order valence-corrected chi connectivity index (χ4v) is 3.76. The SMILES string of the molecule is Cc1cc(OC(C)C)ccc1NC(=O)c1sc2ncn(C)c(=O)c2c1C. The molecule has 2 aromatic heterocycles. The van der Waals surface area contributed by atoms with E-state index in [0.29, 0.717) is 26.3 Å². The second-order valence-electron chi connectivity index (χ2n) is 6.49. The second-order valence-corrected chi connectivity index (χ2v) is 7.49. The number of carbonyl (C=O) groups is 1. The third kappa shape index (κ3) is 3.35. The number of hydrogen-bond acceptors (Lipinski definition) is 5. The predicted molar refractivity (Wildman–Crippen MR) is 104 cm³/mol. The van der Waals surface area contributed by atoms with Gasteiger partial charge < -0.3 is 14.6 Å². The molecule has 1 N–H and O–H groups in total. The van der Waals surface area contributed by atoms with Crippen LogP contribution in [-0.4, -0.2) is 21.6 Å². The molecule has 7 heteroatoms. The third-order valence-electron chi connectivity index (χ3n) is 4.03. The van der Waals surface area contributed by atoms with Crippen LogP contribution in [0.5, 0.6) is 5.75 Å². The topological polar surface area (TPSA) is 73.2 Å². The van der Waals surface area contributed by atoms with Gasteiger partial charge in [0.2, 0.25) is 0 Å². The van der Waals surface area contributed by atoms with Crippen LogP contribution in [0, 0.1) is 13.8 Å². The molecule has 1 aromatic carbocycles. The van der Waals surface area contributed by atoms with Crippen molar-refractivity contribution in [3.05, 3.63) is 50.9 Å². The summed E-state index contributed by atoms with van der Waals surface area (Å²) in [5.41, 5.74) is 2.14. The van der Waals surface area contributed by atoms with Crippen LogP contribution in [0.25, 0.3) is 10.2 Å². The first-order chi connectivity index (χ1) is 12.3. The van der Waals surface area contributed by atoms with Gasteiger partial charge in [0.1, 0.15) is 10.6 Å². The van der Waals surface area contributed by atoms with E-state index in [1.807, 2.05) is 39.0 Å². The first-order valence-corrected chi connectivity index (χ1v) is 9.13. The van der Waals surface area contributed by atoms with Crippen molar-refractivity contribution in [2.45, 2.75) is 33.8 Å². The van der Waals surface area contributed by atoms with E-state index in [1.165, 1.54) is 22.2 Å². The average molecular weight is 371 g/mol. The molecule has 136 valence electrons. The van der Waals surface area contributed by atoms with Crippen LogP contribution in [0.2, 0.25) is 0 Å². The number of rotatable bonds is 4. The molecule has 0 bridgehead atoms. The molecule has 6 nitrogen and oxygen atoms in total. The van der Waals surface area contributed by atoms with Crippen molar-refractivity contribution in [3.8, 4) is 5.75 Å². The lowest BCUT2D eigenvalue weighted by Gasteiger charge is -2.13. The first-order valence-electron chi connectivity index (χ1n) is 8.31. The van der Waals surface area contributed by atoms with Crippen molar-refractivity contribution in [2.24, 2.45) is 7.05 Å². The fraction of sp³-hybridized carbons (Fsp3) is 0.316. The van der Waals surface area contributed by atoms with Crippen LogP contribution in [0.4, 0.5) is 5.69 Å². The molecule has 26 heavy (non-hydrogen) atoms. The van der Waals surface area contributed by atoms with Gasteiger partial charge in [-0.15, -0.1) is 11.3 Å². The first kappa shape index (κ1) is 18.1. The summed E-state index contributed by atoms with van der Waals surface area (Å²) in [7, 11) is 1.65. The normalized spacial score (nSPS) is 11.2. The average Bonchev–Trinajstić information content (AvgIpc) is 2.90. The lowest BCUT2D eigenvalue weighted by Crippen LogP contribution is -2.17. The Hall–Kier alpha value is -2.67. The molecule has 0 unspecified atom stereocenters. The van der Waals surface area contributed by atoms with Crippen molar-refractivity contribution >= 4 is 33.1 Å². The Bertz CT molecular complexity index is 1050. The molecule has 0 aliphatic carbocycles. The third-order valence-corrected chi connectivity index (χ3v) is 5.23. The summed E-state index contributed by atoms with van der Waals surface area (Å²) in [5, 5.41) is 3.42. The van der Waals surface area contributed by atoms with Gasteiger partial charge in [0.25, 0.3) is 11.5 Å². The summed E-state index contributed by atoms with van der Waals surface area (Å²) >= 11 is 1.23. The molecule has 2 heterocycles. The number of anilines is 1. The van der Waals surface area contributed by atoms with Gasteiger partial charge >= 0.3 is 0 Å². The minimum absolute atomic E-state index is 0.0890. The molecule has 0 atom stereocenters. The van der Waals surface area contributed by atoms with E-state index in [4.69, 9.17) is 4.74 Å². The van der Waals surface area contributed by atoms with Gasteiger partial charge in [0.05, 0.1) is 22.7 Å². The summed E-state index contributed by atoms with van der Waals surface area (Å²) in [4.78, 5) is 30.4. The van der Waals surface area contributed by atoms with Gasteiger partial charge in [-0.05, 0) is 57.0 Å². The molecule has 0 saturated heterocycles. The van der Waals surface area contributed by atoms with Gasteiger partial charge in [0, 0.05) is 12.7 Å². The van der Waals surface area contributed by atoms with Crippen LogP contribution in [-0.2, 0) is 7.05 Å². The highest BCUT2D eigenvalue weighted by atomic mass is 32.1. The minimum Gasteiger partial charge on any atom is -0.491 e. The molecule has 0 radical (unpaired) electrons. The molecular formula is C19H21N3O3S. The van der Waals surface area contributed by atoms with Crippen molar-refractivity contribution in [3.63, 3.8) is 0 Å². The quantitative estimate of drug-likeness (QED) is 0.760. The Balaban J connectivity index is 1.91. The zero-order chi connectivity index (χ0) is 19.0. The van der Waals surface area contributed by atoms with Gasteiger partial charge in [-0.2, -0.15) is 0 Å². The van der Waals surface area contributed by atoms with E-state index in [2.05, 4.69) is 10.3 Å². The maximum absolute atomic E-state index is 12.7. The monoisotopic (exact) mass is 371 g/mol. The van der Waals surface area contributed by atoms with E-state index < -0.39 is 0 Å². The summed E-state index contributed by atoms with van der Waals surface area (Å²) in [6.07, 6.45) is 1.56. The highest BCUT2D eigenvalue weighted by Crippen LogP contribution is 2.28. The van der Waals surface area contributed by atoms with Gasteiger partial charge in [-0.25, -0.2) is 4.98 Å². The zero-order valence-corrected chi connectivity index (χ0v) is 16.2. The molecule has 0 aliphatic heterocycles. The number of aromatic nitrogens is 2. The Morgan fingerprint density at radius 1 is 1.31 bits per heavy atom. The number of nitrogens with zero attached hydrogens (tertiary/aromatic N) is 2. The van der Waals surface area contributed by atoms with Crippen molar-refractivity contribution in [1.82, 2.24) is 9.55 Å². The Morgan fingerprint density at radius 2 is 2.04 bits per heavy atom. The van der Waals surface area contributed by atoms with Crippen LogP contribution >= 0.6 is 11.3 Å². The van der Waals surface area contributed by atoms with Crippen LogP contribution in [0.3, 0.4) is 0 Å². The van der Waals surface area contributed by atoms with Crippen molar-refractivity contribution in [1.29, 1.82) is 0 Å². The number of ether oxygens (including phenoxy) is 1. The van der Waals surface area contributed by atoms with Crippen LogP contribution in [0.15, 0.2) is 29.3 Å². The number of carbonyl (C=O) groups excluding carboxylic acids is 1. The second kappa shape index (κ2) is 6.92. The maximum atomic E-state index is 12.7. The van der Waals surface area contributed by atoms with E-state index >= 15 is 0 Å². The minimum atomic E-state index is -0.242. The molecule has 0 fully saturated rings. The van der Waals surface area contributed by atoms with Gasteiger partial charge in [-0.1, -0.05) is 0 Å². The highest BCUT2D eigenvalue weighted by molar-refractivity contribution is 7.20. The molecule has 1 amide bonds. The van der Waals surface area contributed by atoms with Crippen molar-refractivity contribution < 1.29 is 9.53 Å². The van der Waals surface area contributed by atoms with E-state index in [1.54, 1.807) is 14.0 Å². The number of fused-ring (bicyclic) bond motifs is 1. The standard InChI is InChI=1S/C19H21N3O3S/c1-10(2)25-13-6-7-14(11(3)8-13)21-17(23)16-12(4)15-18(26-16)20-9-22(5)19(15)24/h6-10H,1-5H3,(H,21,23). The van der Waals surface area contributed by atoms with Gasteiger partial charge in [-0.3, -0.25) is 9.59 Å². The zero-order valence-electron chi connectivity index (χ0n) is 15.4. The molecular weight excluding hydrogens is 350 g/mol. The fourth-order valence-electron chi connectivity index (χ4n) is 2.73. The van der Waals surface area contributed by atoms with Crippen LogP contribution < -0.4 is 15.6 Å². The lowest BCUT2D eigenvalue weighted by atomic mass is 10.1. The lowest BCUT2D eigenvalue weighted by molar-refractivity contribution is 0.103. The smallest absolute Gasteiger partial charge is 0.266 e. The predicted octanol–water partition coefficient (Wildman–Crippen LogP) is 3.65. The molecule has 0 aliphatic rings. The number of amides is 1. The molecule has 3 aromatic rings. The molecule has 3 rings (SSSR count). The molecule has 0 saturated carbocycles. The molecule has 0 spiro atoms. The van der Waals surface area contributed by atoms with E-state index in [9.17, 15) is 9.59 Å². The summed E-state index contributed by atoms with van der Waals surface area (Å²) in [5.74, 6) is 0.523. The largest absolute Gasteiger partial charge is 0.491 e. The number of nitrogens with one attached hydrogen (secondary N) is 1. The number of benzene rings is 1. The van der Waals surface area contributed by atoms with Gasteiger partial charge in [0.15, 0.2) is 0 Å². The number of thiophene rings is 1.